The first-order valence-electron chi connectivity index (χ1n) is 6.46. The lowest BCUT2D eigenvalue weighted by atomic mass is 10.5. The highest BCUT2D eigenvalue weighted by Crippen LogP contribution is 2.10. The van der Waals surface area contributed by atoms with E-state index in [9.17, 15) is 0 Å². The summed E-state index contributed by atoms with van der Waals surface area (Å²) in [7, 11) is 1.63. The van der Waals surface area contributed by atoms with E-state index in [2.05, 4.69) is 25.7 Å². The van der Waals surface area contributed by atoms with Crippen LogP contribution in [-0.4, -0.2) is 55.0 Å². The lowest BCUT2D eigenvalue weighted by Gasteiger charge is -2.09. The molecule has 0 aromatic carbocycles. The van der Waals surface area contributed by atoms with Crippen LogP contribution in [0.4, 0.5) is 11.9 Å². The van der Waals surface area contributed by atoms with Crippen LogP contribution in [0.5, 0.6) is 6.01 Å². The van der Waals surface area contributed by atoms with Crippen molar-refractivity contribution in [3.63, 3.8) is 0 Å². The number of methoxy groups -OCH3 is 1. The number of hydrazine groups is 1. The van der Waals surface area contributed by atoms with E-state index in [-0.39, 0.29) is 12.0 Å². The number of nitrogens with two attached hydrogens (primary N) is 1. The molecule has 9 nitrogen and oxygen atoms in total. The highest BCUT2D eigenvalue weighted by molar-refractivity contribution is 5.34. The third-order valence-electron chi connectivity index (χ3n) is 2.14. The summed E-state index contributed by atoms with van der Waals surface area (Å²) < 4.78 is 15.5. The summed E-state index contributed by atoms with van der Waals surface area (Å²) in [6.45, 7) is 4.74. The maximum Gasteiger partial charge on any atom is 0.323 e. The number of hydrogen-bond acceptors (Lipinski definition) is 9. The van der Waals surface area contributed by atoms with Crippen molar-refractivity contribution in [2.75, 3.05) is 50.8 Å². The predicted octanol–water partition coefficient (Wildman–Crippen LogP) is 0.0209. The van der Waals surface area contributed by atoms with E-state index >= 15 is 0 Å². The molecule has 0 bridgehead atoms. The van der Waals surface area contributed by atoms with Crippen molar-refractivity contribution in [3.8, 4) is 6.01 Å². The number of anilines is 2. The Balaban J connectivity index is 2.42. The lowest BCUT2D eigenvalue weighted by molar-refractivity contribution is 0.0758. The molecule has 0 radical (unpaired) electrons. The number of ether oxygens (including phenoxy) is 3. The molecule has 0 unspecified atom stereocenters. The minimum atomic E-state index is 0.234. The Kier molecular flexibility index (Phi) is 8.27. The minimum absolute atomic E-state index is 0.234. The fraction of sp³-hybridized carbons (Fsp3) is 0.727. The van der Waals surface area contributed by atoms with Crippen molar-refractivity contribution in [1.29, 1.82) is 0 Å². The fourth-order valence-corrected chi connectivity index (χ4v) is 1.24. The second-order valence-electron chi connectivity index (χ2n) is 3.79. The number of hydrogen-bond donors (Lipinski definition) is 3. The molecule has 4 N–H and O–H groups in total. The largest absolute Gasteiger partial charge is 0.463 e. The van der Waals surface area contributed by atoms with Gasteiger partial charge < -0.3 is 19.5 Å². The number of nitrogens with zero attached hydrogens (tertiary/aromatic N) is 3. The number of rotatable bonds is 11. The average molecular weight is 286 g/mol. The van der Waals surface area contributed by atoms with E-state index in [1.807, 2.05) is 6.92 Å². The molecule has 0 amide bonds. The van der Waals surface area contributed by atoms with Crippen LogP contribution in [0.15, 0.2) is 0 Å². The Hall–Kier alpha value is -1.71. The molecule has 0 saturated heterocycles. The molecule has 1 aromatic rings. The van der Waals surface area contributed by atoms with E-state index in [0.717, 1.165) is 6.42 Å². The van der Waals surface area contributed by atoms with Crippen molar-refractivity contribution >= 4 is 11.9 Å². The molecule has 1 heterocycles. The monoisotopic (exact) mass is 286 g/mol. The van der Waals surface area contributed by atoms with Gasteiger partial charge >= 0.3 is 6.01 Å². The molecule has 114 valence electrons. The van der Waals surface area contributed by atoms with Crippen LogP contribution in [0.3, 0.4) is 0 Å². The Morgan fingerprint density at radius 3 is 2.55 bits per heavy atom. The van der Waals surface area contributed by atoms with Gasteiger partial charge in [-0.2, -0.15) is 15.0 Å². The summed E-state index contributed by atoms with van der Waals surface area (Å²) in [5.41, 5.74) is 2.37. The highest BCUT2D eigenvalue weighted by Gasteiger charge is 2.06. The second-order valence-corrected chi connectivity index (χ2v) is 3.79. The molecule has 0 aliphatic rings. The van der Waals surface area contributed by atoms with Crippen LogP contribution < -0.4 is 21.3 Å². The molecule has 0 atom stereocenters. The lowest BCUT2D eigenvalue weighted by Crippen LogP contribution is -2.17. The molecule has 0 spiro atoms. The molecular weight excluding hydrogens is 264 g/mol. The van der Waals surface area contributed by atoms with Crippen molar-refractivity contribution in [2.24, 2.45) is 5.84 Å². The van der Waals surface area contributed by atoms with E-state index < -0.39 is 0 Å². The van der Waals surface area contributed by atoms with Gasteiger partial charge in [0.25, 0.3) is 0 Å². The number of aromatic nitrogens is 3. The molecule has 0 aliphatic heterocycles. The smallest absolute Gasteiger partial charge is 0.323 e. The summed E-state index contributed by atoms with van der Waals surface area (Å²) in [4.78, 5) is 12.2. The highest BCUT2D eigenvalue weighted by atomic mass is 16.5. The summed E-state index contributed by atoms with van der Waals surface area (Å²) in [6, 6.07) is 0.234. The van der Waals surface area contributed by atoms with Crippen LogP contribution >= 0.6 is 0 Å². The van der Waals surface area contributed by atoms with Gasteiger partial charge in [-0.3, -0.25) is 5.43 Å². The van der Waals surface area contributed by atoms with E-state index in [0.29, 0.717) is 38.9 Å². The van der Waals surface area contributed by atoms with Crippen molar-refractivity contribution in [3.05, 3.63) is 0 Å². The third kappa shape index (κ3) is 6.45. The van der Waals surface area contributed by atoms with Crippen LogP contribution in [-0.2, 0) is 9.47 Å². The van der Waals surface area contributed by atoms with Gasteiger partial charge in [0, 0.05) is 13.7 Å². The summed E-state index contributed by atoms with van der Waals surface area (Å²) >= 11 is 0. The minimum Gasteiger partial charge on any atom is -0.463 e. The zero-order valence-electron chi connectivity index (χ0n) is 11.9. The average Bonchev–Trinajstić information content (AvgIpc) is 2.48. The molecule has 0 fully saturated rings. The first kappa shape index (κ1) is 16.3. The van der Waals surface area contributed by atoms with Crippen LogP contribution in [0.2, 0.25) is 0 Å². The number of nitrogens with one attached hydrogen (secondary N) is 2. The first-order valence-corrected chi connectivity index (χ1v) is 6.46. The van der Waals surface area contributed by atoms with E-state index in [1.54, 1.807) is 7.11 Å². The van der Waals surface area contributed by atoms with Gasteiger partial charge in [-0.15, -0.1) is 0 Å². The van der Waals surface area contributed by atoms with Crippen molar-refractivity contribution in [2.45, 2.75) is 13.3 Å². The predicted molar refractivity (Wildman–Crippen MR) is 74.6 cm³/mol. The zero-order valence-corrected chi connectivity index (χ0v) is 11.9. The molecule has 9 heteroatoms. The maximum absolute atomic E-state index is 5.35. The molecule has 1 aromatic heterocycles. The second kappa shape index (κ2) is 10.1. The molecule has 0 aliphatic carbocycles. The summed E-state index contributed by atoms with van der Waals surface area (Å²) in [5.74, 6) is 5.93. The summed E-state index contributed by atoms with van der Waals surface area (Å²) in [5, 5.41) is 3.01. The Morgan fingerprint density at radius 2 is 1.85 bits per heavy atom. The van der Waals surface area contributed by atoms with Gasteiger partial charge in [0.05, 0.1) is 26.4 Å². The molecule has 1 rings (SSSR count). The zero-order chi connectivity index (χ0) is 14.6. The molecule has 20 heavy (non-hydrogen) atoms. The maximum atomic E-state index is 5.35. The van der Waals surface area contributed by atoms with Gasteiger partial charge in [0.15, 0.2) is 0 Å². The van der Waals surface area contributed by atoms with Gasteiger partial charge in [0.1, 0.15) is 0 Å². The van der Waals surface area contributed by atoms with E-state index in [1.165, 1.54) is 0 Å². The van der Waals surface area contributed by atoms with Gasteiger partial charge in [-0.25, -0.2) is 5.84 Å². The fourth-order valence-electron chi connectivity index (χ4n) is 1.24. The SMILES string of the molecule is CCCOc1nc(NN)nc(NCCOCCOC)n1. The normalized spacial score (nSPS) is 10.3. The van der Waals surface area contributed by atoms with Crippen molar-refractivity contribution in [1.82, 2.24) is 15.0 Å². The number of nitrogen functional groups attached to an aromatic ring is 1. The first-order chi connectivity index (χ1) is 9.80. The van der Waals surface area contributed by atoms with Crippen molar-refractivity contribution < 1.29 is 14.2 Å². The summed E-state index contributed by atoms with van der Waals surface area (Å²) in [6.07, 6.45) is 0.868. The van der Waals surface area contributed by atoms with Gasteiger partial charge in [-0.05, 0) is 6.42 Å². The quantitative estimate of drug-likeness (QED) is 0.294. The third-order valence-corrected chi connectivity index (χ3v) is 2.14. The Labute approximate surface area is 118 Å². The van der Waals surface area contributed by atoms with Gasteiger partial charge in [-0.1, -0.05) is 6.92 Å². The van der Waals surface area contributed by atoms with Crippen LogP contribution in [0.25, 0.3) is 0 Å². The molecular formula is C11H22N6O3. The van der Waals surface area contributed by atoms with Gasteiger partial charge in [0.2, 0.25) is 11.9 Å². The van der Waals surface area contributed by atoms with E-state index in [4.69, 9.17) is 20.1 Å². The standard InChI is InChI=1S/C11H22N6O3/c1-3-5-20-11-15-9(14-10(16-11)17-12)13-4-6-19-8-7-18-2/h3-8,12H2,1-2H3,(H2,13,14,15,16,17). The Bertz CT molecular complexity index is 379. The Morgan fingerprint density at radius 1 is 1.05 bits per heavy atom. The van der Waals surface area contributed by atoms with Crippen LogP contribution in [0, 0.1) is 0 Å². The topological polar surface area (TPSA) is 116 Å². The van der Waals surface area contributed by atoms with Crippen LogP contribution in [0.1, 0.15) is 13.3 Å². The molecule has 0 saturated carbocycles.